The molecule has 112 valence electrons. The molecule has 0 amide bonds. The Morgan fingerprint density at radius 3 is 2.63 bits per heavy atom. The van der Waals surface area contributed by atoms with Crippen LogP contribution in [0.4, 0.5) is 0 Å². The van der Waals surface area contributed by atoms with Gasteiger partial charge in [0.2, 0.25) is 0 Å². The van der Waals surface area contributed by atoms with Crippen molar-refractivity contribution in [1.82, 2.24) is 4.90 Å². The van der Waals surface area contributed by atoms with E-state index >= 15 is 0 Å². The van der Waals surface area contributed by atoms with E-state index in [1.165, 1.54) is 19.3 Å². The summed E-state index contributed by atoms with van der Waals surface area (Å²) in [6, 6.07) is 0.616. The van der Waals surface area contributed by atoms with Crippen LogP contribution >= 0.6 is 0 Å². The van der Waals surface area contributed by atoms with Crippen LogP contribution in [0.15, 0.2) is 0 Å². The standard InChI is InChI=1S/C16H32N2O/c1-6-12(3)18(7-2)11-16(17)13-9-8-10-19-14(13)15(16,4)5/h12-14H,6-11,17H2,1-5H3. The van der Waals surface area contributed by atoms with Gasteiger partial charge < -0.3 is 10.5 Å². The number of ether oxygens (including phenoxy) is 1. The molecule has 0 aromatic heterocycles. The van der Waals surface area contributed by atoms with E-state index in [1.807, 2.05) is 0 Å². The molecule has 0 bridgehead atoms. The van der Waals surface area contributed by atoms with Crippen LogP contribution in [0.1, 0.15) is 53.9 Å². The summed E-state index contributed by atoms with van der Waals surface area (Å²) in [5.74, 6) is 0.550. The van der Waals surface area contributed by atoms with E-state index in [0.29, 0.717) is 18.1 Å². The van der Waals surface area contributed by atoms with Gasteiger partial charge in [-0.3, -0.25) is 4.90 Å². The Balaban J connectivity index is 2.12. The lowest BCUT2D eigenvalue weighted by Crippen LogP contribution is -2.80. The Hall–Kier alpha value is -0.120. The van der Waals surface area contributed by atoms with Gasteiger partial charge >= 0.3 is 0 Å². The predicted molar refractivity (Wildman–Crippen MR) is 80.2 cm³/mol. The van der Waals surface area contributed by atoms with Gasteiger partial charge in [-0.15, -0.1) is 0 Å². The lowest BCUT2D eigenvalue weighted by molar-refractivity contribution is -0.233. The van der Waals surface area contributed by atoms with Crippen molar-refractivity contribution in [2.75, 3.05) is 19.7 Å². The third kappa shape index (κ3) is 2.24. The minimum Gasteiger partial charge on any atom is -0.377 e. The number of hydrogen-bond acceptors (Lipinski definition) is 3. The number of rotatable bonds is 5. The minimum atomic E-state index is -0.0858. The molecule has 1 heterocycles. The summed E-state index contributed by atoms with van der Waals surface area (Å²) in [6.45, 7) is 14.4. The molecule has 1 saturated heterocycles. The second-order valence-electron chi connectivity index (χ2n) is 7.12. The highest BCUT2D eigenvalue weighted by Gasteiger charge is 2.66. The average molecular weight is 268 g/mol. The van der Waals surface area contributed by atoms with Gasteiger partial charge in [-0.25, -0.2) is 0 Å². The van der Waals surface area contributed by atoms with Gasteiger partial charge in [0, 0.05) is 36.1 Å². The lowest BCUT2D eigenvalue weighted by atomic mass is 9.46. The van der Waals surface area contributed by atoms with Gasteiger partial charge in [0.25, 0.3) is 0 Å². The lowest BCUT2D eigenvalue weighted by Gasteiger charge is -2.67. The molecule has 2 fully saturated rings. The Labute approximate surface area is 118 Å². The zero-order chi connectivity index (χ0) is 14.3. The summed E-state index contributed by atoms with van der Waals surface area (Å²) in [7, 11) is 0. The number of nitrogens with zero attached hydrogens (tertiary/aromatic N) is 1. The zero-order valence-corrected chi connectivity index (χ0v) is 13.4. The van der Waals surface area contributed by atoms with E-state index in [9.17, 15) is 0 Å². The second kappa shape index (κ2) is 5.34. The molecular weight excluding hydrogens is 236 g/mol. The van der Waals surface area contributed by atoms with Gasteiger partial charge in [0.05, 0.1) is 6.10 Å². The number of likely N-dealkylation sites (N-methyl/N-ethyl adjacent to an activating group) is 1. The summed E-state index contributed by atoms with van der Waals surface area (Å²) >= 11 is 0. The van der Waals surface area contributed by atoms with Crippen LogP contribution in [0.5, 0.6) is 0 Å². The van der Waals surface area contributed by atoms with Crippen molar-refractivity contribution in [3.8, 4) is 0 Å². The molecule has 19 heavy (non-hydrogen) atoms. The molecule has 1 aliphatic heterocycles. The first-order valence-electron chi connectivity index (χ1n) is 8.03. The molecule has 3 nitrogen and oxygen atoms in total. The Kier molecular flexibility index (Phi) is 4.29. The van der Waals surface area contributed by atoms with E-state index in [2.05, 4.69) is 39.5 Å². The molecule has 1 saturated carbocycles. The number of nitrogens with two attached hydrogens (primary N) is 1. The van der Waals surface area contributed by atoms with Crippen molar-refractivity contribution in [2.45, 2.75) is 71.6 Å². The average Bonchev–Trinajstić information content (AvgIpc) is 2.43. The molecule has 2 N–H and O–H groups in total. The van der Waals surface area contributed by atoms with Gasteiger partial charge in [0.1, 0.15) is 0 Å². The molecule has 4 unspecified atom stereocenters. The molecule has 0 aromatic rings. The summed E-state index contributed by atoms with van der Waals surface area (Å²) in [4.78, 5) is 2.55. The smallest absolute Gasteiger partial charge is 0.0690 e. The number of fused-ring (bicyclic) bond motifs is 1. The first-order valence-corrected chi connectivity index (χ1v) is 8.03. The van der Waals surface area contributed by atoms with Gasteiger partial charge in [-0.05, 0) is 32.7 Å². The fourth-order valence-corrected chi connectivity index (χ4v) is 4.16. The van der Waals surface area contributed by atoms with Crippen molar-refractivity contribution in [1.29, 1.82) is 0 Å². The summed E-state index contributed by atoms with van der Waals surface area (Å²) < 4.78 is 5.99. The van der Waals surface area contributed by atoms with Crippen molar-refractivity contribution in [2.24, 2.45) is 17.1 Å². The van der Waals surface area contributed by atoms with Crippen LogP contribution in [0.2, 0.25) is 0 Å². The Morgan fingerprint density at radius 1 is 1.37 bits per heavy atom. The zero-order valence-electron chi connectivity index (χ0n) is 13.4. The maximum Gasteiger partial charge on any atom is 0.0690 e. The molecule has 1 aliphatic carbocycles. The largest absolute Gasteiger partial charge is 0.377 e. The number of hydrogen-bond donors (Lipinski definition) is 1. The van der Waals surface area contributed by atoms with Crippen LogP contribution in [-0.4, -0.2) is 42.3 Å². The highest BCUT2D eigenvalue weighted by atomic mass is 16.5. The topological polar surface area (TPSA) is 38.5 Å². The predicted octanol–water partition coefficient (Wildman–Crippen LogP) is 2.64. The van der Waals surface area contributed by atoms with Crippen molar-refractivity contribution in [3.63, 3.8) is 0 Å². The molecule has 2 aliphatic rings. The highest BCUT2D eigenvalue weighted by Crippen LogP contribution is 2.57. The summed E-state index contributed by atoms with van der Waals surface area (Å²) in [6.07, 6.45) is 3.98. The maximum atomic E-state index is 6.88. The van der Waals surface area contributed by atoms with Crippen LogP contribution in [-0.2, 0) is 4.74 Å². The van der Waals surface area contributed by atoms with Crippen molar-refractivity contribution in [3.05, 3.63) is 0 Å². The highest BCUT2D eigenvalue weighted by molar-refractivity contribution is 5.21. The van der Waals surface area contributed by atoms with E-state index in [-0.39, 0.29) is 11.0 Å². The monoisotopic (exact) mass is 268 g/mol. The SMILES string of the molecule is CCC(C)N(CC)CC1(N)C2CCCOC2C1(C)C. The van der Waals surface area contributed by atoms with E-state index in [0.717, 1.165) is 19.7 Å². The molecule has 3 heteroatoms. The molecule has 0 aromatic carbocycles. The van der Waals surface area contributed by atoms with Crippen LogP contribution in [0.25, 0.3) is 0 Å². The van der Waals surface area contributed by atoms with E-state index < -0.39 is 0 Å². The van der Waals surface area contributed by atoms with Crippen molar-refractivity contribution < 1.29 is 4.74 Å². The summed E-state index contributed by atoms with van der Waals surface area (Å²) in [5, 5.41) is 0. The van der Waals surface area contributed by atoms with Crippen LogP contribution in [0, 0.1) is 11.3 Å². The molecular formula is C16H32N2O. The van der Waals surface area contributed by atoms with Crippen LogP contribution < -0.4 is 5.73 Å². The normalized spacial score (nSPS) is 38.7. The fourth-order valence-electron chi connectivity index (χ4n) is 4.16. The van der Waals surface area contributed by atoms with Crippen LogP contribution in [0.3, 0.4) is 0 Å². The minimum absolute atomic E-state index is 0.0858. The Bertz CT molecular complexity index is 318. The summed E-state index contributed by atoms with van der Waals surface area (Å²) in [5.41, 5.74) is 6.89. The second-order valence-corrected chi connectivity index (χ2v) is 7.12. The first kappa shape index (κ1) is 15.3. The van der Waals surface area contributed by atoms with E-state index in [4.69, 9.17) is 10.5 Å². The third-order valence-electron chi connectivity index (χ3n) is 5.98. The third-order valence-corrected chi connectivity index (χ3v) is 5.98. The van der Waals surface area contributed by atoms with E-state index in [1.54, 1.807) is 0 Å². The molecule has 0 radical (unpaired) electrons. The molecule has 2 rings (SSSR count). The quantitative estimate of drug-likeness (QED) is 0.833. The van der Waals surface area contributed by atoms with Gasteiger partial charge in [-0.2, -0.15) is 0 Å². The van der Waals surface area contributed by atoms with Crippen molar-refractivity contribution >= 4 is 0 Å². The first-order chi connectivity index (χ1) is 8.88. The molecule has 0 spiro atoms. The van der Waals surface area contributed by atoms with Gasteiger partial charge in [-0.1, -0.05) is 27.7 Å². The fraction of sp³-hybridized carbons (Fsp3) is 1.00. The van der Waals surface area contributed by atoms with Gasteiger partial charge in [0.15, 0.2) is 0 Å². The maximum absolute atomic E-state index is 6.88. The Morgan fingerprint density at radius 2 is 2.05 bits per heavy atom. The molecule has 4 atom stereocenters.